The maximum Gasteiger partial charge on any atom is 0.416 e. The first-order valence-electron chi connectivity index (χ1n) is 9.79. The zero-order valence-corrected chi connectivity index (χ0v) is 18.2. The minimum absolute atomic E-state index is 0.261. The summed E-state index contributed by atoms with van der Waals surface area (Å²) >= 11 is 1.44. The maximum atomic E-state index is 13.0. The fourth-order valence-electron chi connectivity index (χ4n) is 2.78. The van der Waals surface area contributed by atoms with Gasteiger partial charge in [-0.15, -0.1) is 11.3 Å². The largest absolute Gasteiger partial charge is 0.416 e. The number of halogens is 3. The number of nitrogens with one attached hydrogen (secondary N) is 2. The predicted molar refractivity (Wildman–Crippen MR) is 122 cm³/mol. The average molecular weight is 469 g/mol. The number of aromatic nitrogens is 5. The third kappa shape index (κ3) is 6.32. The molecule has 2 N–H and O–H groups in total. The van der Waals surface area contributed by atoms with E-state index in [0.29, 0.717) is 23.2 Å². The molecule has 0 saturated carbocycles. The molecule has 0 amide bonds. The number of hydrogen-bond acceptors (Lipinski definition) is 8. The number of alkyl halides is 3. The van der Waals surface area contributed by atoms with Crippen molar-refractivity contribution in [2.75, 3.05) is 10.6 Å². The number of aryl methyl sites for hydroxylation is 1. The van der Waals surface area contributed by atoms with Crippen LogP contribution in [0.1, 0.15) is 27.4 Å². The Morgan fingerprint density at radius 3 is 2.58 bits per heavy atom. The first-order chi connectivity index (χ1) is 15.8. The molecule has 7 nitrogen and oxygen atoms in total. The number of hydrogen-bond donors (Lipinski definition) is 2. The molecular formula is C22H18F3N7S. The van der Waals surface area contributed by atoms with E-state index in [1.165, 1.54) is 29.6 Å². The third-order valence-corrected chi connectivity index (χ3v) is 5.13. The zero-order valence-electron chi connectivity index (χ0n) is 17.3. The Kier molecular flexibility index (Phi) is 6.59. The van der Waals surface area contributed by atoms with Crippen LogP contribution in [0.4, 0.5) is 30.2 Å². The van der Waals surface area contributed by atoms with Crippen LogP contribution in [0.5, 0.6) is 0 Å². The number of rotatable bonds is 7. The summed E-state index contributed by atoms with van der Waals surface area (Å²) in [5, 5.41) is 6.77. The van der Waals surface area contributed by atoms with Gasteiger partial charge < -0.3 is 5.32 Å². The van der Waals surface area contributed by atoms with Crippen molar-refractivity contribution >= 4 is 40.5 Å². The summed E-state index contributed by atoms with van der Waals surface area (Å²) < 4.78 is 39.0. The van der Waals surface area contributed by atoms with E-state index in [1.807, 2.05) is 19.1 Å². The van der Waals surface area contributed by atoms with Crippen LogP contribution in [0.25, 0.3) is 12.2 Å². The van der Waals surface area contributed by atoms with E-state index in [1.54, 1.807) is 24.7 Å². The second kappa shape index (κ2) is 9.74. The molecule has 4 aromatic rings. The Balaban J connectivity index is 1.60. The SMILES string of the molecule is Cc1cnc(Nc2nc(/C=C/c3cccc(C(F)(F)F)c3)nc(NCc3cccnc3)n2)s1. The molecule has 3 heterocycles. The fourth-order valence-corrected chi connectivity index (χ4v) is 3.44. The van der Waals surface area contributed by atoms with Gasteiger partial charge in [0.2, 0.25) is 11.9 Å². The van der Waals surface area contributed by atoms with Gasteiger partial charge in [0.1, 0.15) is 0 Å². The van der Waals surface area contributed by atoms with Gasteiger partial charge in [0, 0.05) is 30.0 Å². The van der Waals surface area contributed by atoms with Crippen LogP contribution in [-0.2, 0) is 12.7 Å². The molecule has 0 atom stereocenters. The lowest BCUT2D eigenvalue weighted by Gasteiger charge is -2.08. The van der Waals surface area contributed by atoms with Crippen molar-refractivity contribution in [3.8, 4) is 0 Å². The predicted octanol–water partition coefficient (Wildman–Crippen LogP) is 5.58. The zero-order chi connectivity index (χ0) is 23.3. The fraction of sp³-hybridized carbons (Fsp3) is 0.136. The van der Waals surface area contributed by atoms with Crippen molar-refractivity contribution in [3.63, 3.8) is 0 Å². The van der Waals surface area contributed by atoms with E-state index in [2.05, 4.69) is 35.6 Å². The van der Waals surface area contributed by atoms with Gasteiger partial charge >= 0.3 is 6.18 Å². The molecule has 0 aliphatic carbocycles. The van der Waals surface area contributed by atoms with Crippen LogP contribution in [0.15, 0.2) is 55.0 Å². The quantitative estimate of drug-likeness (QED) is 0.365. The molecule has 4 rings (SSSR count). The molecule has 33 heavy (non-hydrogen) atoms. The van der Waals surface area contributed by atoms with E-state index in [-0.39, 0.29) is 11.8 Å². The van der Waals surface area contributed by atoms with E-state index < -0.39 is 11.7 Å². The average Bonchev–Trinajstić information content (AvgIpc) is 3.21. The van der Waals surface area contributed by atoms with Gasteiger partial charge in [0.05, 0.1) is 5.56 Å². The van der Waals surface area contributed by atoms with Gasteiger partial charge in [-0.3, -0.25) is 10.3 Å². The molecule has 3 aromatic heterocycles. The Labute approximate surface area is 191 Å². The summed E-state index contributed by atoms with van der Waals surface area (Å²) in [5.41, 5.74) is 0.588. The van der Waals surface area contributed by atoms with Crippen molar-refractivity contribution in [2.45, 2.75) is 19.6 Å². The summed E-state index contributed by atoms with van der Waals surface area (Å²) in [6.07, 6.45) is 3.77. The molecule has 0 unspecified atom stereocenters. The molecule has 168 valence electrons. The Bertz CT molecular complexity index is 1260. The van der Waals surface area contributed by atoms with Gasteiger partial charge in [-0.05, 0) is 42.3 Å². The van der Waals surface area contributed by atoms with Crippen molar-refractivity contribution < 1.29 is 13.2 Å². The van der Waals surface area contributed by atoms with Crippen LogP contribution in [0, 0.1) is 6.92 Å². The van der Waals surface area contributed by atoms with E-state index in [0.717, 1.165) is 22.6 Å². The number of benzene rings is 1. The van der Waals surface area contributed by atoms with Crippen LogP contribution in [0.2, 0.25) is 0 Å². The summed E-state index contributed by atoms with van der Waals surface area (Å²) in [7, 11) is 0. The van der Waals surface area contributed by atoms with E-state index in [9.17, 15) is 13.2 Å². The van der Waals surface area contributed by atoms with Crippen molar-refractivity contribution in [3.05, 3.63) is 82.4 Å². The van der Waals surface area contributed by atoms with Crippen LogP contribution in [-0.4, -0.2) is 24.9 Å². The molecule has 0 bridgehead atoms. The molecule has 0 saturated heterocycles. The molecule has 0 aliphatic heterocycles. The summed E-state index contributed by atoms with van der Waals surface area (Å²) in [5.74, 6) is 0.830. The maximum absolute atomic E-state index is 13.0. The Hall–Kier alpha value is -3.86. The van der Waals surface area contributed by atoms with Crippen molar-refractivity contribution in [1.82, 2.24) is 24.9 Å². The molecule has 0 fully saturated rings. The van der Waals surface area contributed by atoms with Crippen molar-refractivity contribution in [1.29, 1.82) is 0 Å². The first kappa shape index (κ1) is 22.3. The topological polar surface area (TPSA) is 88.5 Å². The van der Waals surface area contributed by atoms with Crippen molar-refractivity contribution in [2.24, 2.45) is 0 Å². The highest BCUT2D eigenvalue weighted by Crippen LogP contribution is 2.30. The summed E-state index contributed by atoms with van der Waals surface area (Å²) in [6, 6.07) is 8.76. The van der Waals surface area contributed by atoms with Crippen LogP contribution >= 0.6 is 11.3 Å². The normalized spacial score (nSPS) is 11.6. The highest BCUT2D eigenvalue weighted by molar-refractivity contribution is 7.15. The molecular weight excluding hydrogens is 451 g/mol. The minimum atomic E-state index is -4.41. The number of nitrogens with zero attached hydrogens (tertiary/aromatic N) is 5. The highest BCUT2D eigenvalue weighted by Gasteiger charge is 2.30. The summed E-state index contributed by atoms with van der Waals surface area (Å²) in [4.78, 5) is 22.4. The van der Waals surface area contributed by atoms with Crippen LogP contribution in [0.3, 0.4) is 0 Å². The Morgan fingerprint density at radius 2 is 1.85 bits per heavy atom. The Morgan fingerprint density at radius 1 is 1.00 bits per heavy atom. The lowest BCUT2D eigenvalue weighted by atomic mass is 10.1. The van der Waals surface area contributed by atoms with Crippen LogP contribution < -0.4 is 10.6 Å². The molecule has 0 aliphatic rings. The number of anilines is 3. The van der Waals surface area contributed by atoms with Gasteiger partial charge in [0.25, 0.3) is 0 Å². The lowest BCUT2D eigenvalue weighted by molar-refractivity contribution is -0.137. The third-order valence-electron chi connectivity index (χ3n) is 4.30. The highest BCUT2D eigenvalue weighted by atomic mass is 32.1. The smallest absolute Gasteiger partial charge is 0.350 e. The van der Waals surface area contributed by atoms with Gasteiger partial charge in [-0.2, -0.15) is 28.1 Å². The standard InChI is InChI=1S/C22H18F3N7S/c1-14-11-28-21(33-14)32-20-30-18(8-7-15-4-2-6-17(10-15)22(23,24)25)29-19(31-20)27-13-16-5-3-9-26-12-16/h2-12H,13H2,1H3,(H2,27,28,29,30,31,32)/b8-7+. The second-order valence-corrected chi connectivity index (χ2v) is 8.15. The van der Waals surface area contributed by atoms with Gasteiger partial charge in [-0.25, -0.2) is 4.98 Å². The van der Waals surface area contributed by atoms with E-state index in [4.69, 9.17) is 0 Å². The molecule has 0 radical (unpaired) electrons. The number of pyridine rings is 1. The minimum Gasteiger partial charge on any atom is -0.350 e. The second-order valence-electron chi connectivity index (χ2n) is 6.91. The lowest BCUT2D eigenvalue weighted by Crippen LogP contribution is -2.08. The van der Waals surface area contributed by atoms with Gasteiger partial charge in [-0.1, -0.05) is 24.3 Å². The molecule has 1 aromatic carbocycles. The van der Waals surface area contributed by atoms with E-state index >= 15 is 0 Å². The monoisotopic (exact) mass is 469 g/mol. The first-order valence-corrected chi connectivity index (χ1v) is 10.6. The molecule has 0 spiro atoms. The molecule has 11 heteroatoms. The number of thiazole rings is 1. The van der Waals surface area contributed by atoms with Gasteiger partial charge in [0.15, 0.2) is 11.0 Å². The summed E-state index contributed by atoms with van der Waals surface area (Å²) in [6.45, 7) is 2.37.